The summed E-state index contributed by atoms with van der Waals surface area (Å²) < 4.78 is 8.33. The third kappa shape index (κ3) is 4.43. The molecule has 0 unspecified atom stereocenters. The quantitative estimate of drug-likeness (QED) is 0.497. The SMILES string of the molecule is COc1cc(-c2nc3ccc(Br)cn3c2NC(C)(C)CC(C)(C)C)ccc1O. The average Bonchev–Trinajstić information content (AvgIpc) is 2.90. The number of imidazole rings is 1. The molecule has 2 N–H and O–H groups in total. The Morgan fingerprint density at radius 3 is 2.50 bits per heavy atom. The average molecular weight is 446 g/mol. The van der Waals surface area contributed by atoms with E-state index in [1.165, 1.54) is 0 Å². The predicted molar refractivity (Wildman–Crippen MR) is 118 cm³/mol. The maximum absolute atomic E-state index is 9.97. The van der Waals surface area contributed by atoms with Gasteiger partial charge in [-0.2, -0.15) is 0 Å². The number of hydrogen-bond donors (Lipinski definition) is 2. The van der Waals surface area contributed by atoms with E-state index in [0.717, 1.165) is 33.6 Å². The minimum absolute atomic E-state index is 0.111. The molecule has 2 aromatic heterocycles. The van der Waals surface area contributed by atoms with Gasteiger partial charge in [0.05, 0.1) is 7.11 Å². The minimum atomic E-state index is -0.147. The highest BCUT2D eigenvalue weighted by molar-refractivity contribution is 9.10. The van der Waals surface area contributed by atoms with Gasteiger partial charge in [0.2, 0.25) is 0 Å². The predicted octanol–water partition coefficient (Wildman–Crippen LogP) is 6.10. The number of hydrogen-bond acceptors (Lipinski definition) is 4. The largest absolute Gasteiger partial charge is 0.504 e. The minimum Gasteiger partial charge on any atom is -0.504 e. The molecule has 0 saturated carbocycles. The maximum Gasteiger partial charge on any atom is 0.161 e. The van der Waals surface area contributed by atoms with Crippen molar-refractivity contribution in [1.29, 1.82) is 0 Å². The van der Waals surface area contributed by atoms with Crippen molar-refractivity contribution in [1.82, 2.24) is 9.38 Å². The second kappa shape index (κ2) is 7.32. The van der Waals surface area contributed by atoms with Crippen LogP contribution in [0.2, 0.25) is 0 Å². The van der Waals surface area contributed by atoms with E-state index in [0.29, 0.717) is 5.75 Å². The molecule has 0 amide bonds. The summed E-state index contributed by atoms with van der Waals surface area (Å²) in [4.78, 5) is 4.85. The van der Waals surface area contributed by atoms with Crippen LogP contribution in [0.15, 0.2) is 41.0 Å². The van der Waals surface area contributed by atoms with Gasteiger partial charge >= 0.3 is 0 Å². The molecule has 3 rings (SSSR count). The Morgan fingerprint density at radius 1 is 1.14 bits per heavy atom. The number of methoxy groups -OCH3 is 1. The lowest BCUT2D eigenvalue weighted by Crippen LogP contribution is -2.36. The molecule has 0 radical (unpaired) electrons. The highest BCUT2D eigenvalue weighted by Gasteiger charge is 2.28. The van der Waals surface area contributed by atoms with Gasteiger partial charge in [0.15, 0.2) is 11.5 Å². The third-order valence-electron chi connectivity index (χ3n) is 4.46. The molecular formula is C22H28BrN3O2. The molecule has 6 heteroatoms. The number of aromatic hydroxyl groups is 1. The van der Waals surface area contributed by atoms with E-state index in [-0.39, 0.29) is 16.7 Å². The van der Waals surface area contributed by atoms with Crippen molar-refractivity contribution in [2.75, 3.05) is 12.4 Å². The molecule has 0 saturated heterocycles. The van der Waals surface area contributed by atoms with Crippen LogP contribution in [0.3, 0.4) is 0 Å². The van der Waals surface area contributed by atoms with Crippen LogP contribution in [-0.4, -0.2) is 27.1 Å². The van der Waals surface area contributed by atoms with Gasteiger partial charge in [-0.3, -0.25) is 4.40 Å². The molecule has 5 nitrogen and oxygen atoms in total. The summed E-state index contributed by atoms with van der Waals surface area (Å²) in [7, 11) is 1.55. The van der Waals surface area contributed by atoms with Gasteiger partial charge in [-0.15, -0.1) is 0 Å². The monoisotopic (exact) mass is 445 g/mol. The van der Waals surface area contributed by atoms with E-state index in [4.69, 9.17) is 9.72 Å². The summed E-state index contributed by atoms with van der Waals surface area (Å²) in [6, 6.07) is 9.27. The van der Waals surface area contributed by atoms with E-state index < -0.39 is 0 Å². The molecule has 150 valence electrons. The number of nitrogens with zero attached hydrogens (tertiary/aromatic N) is 2. The molecule has 0 fully saturated rings. The molecule has 0 bridgehead atoms. The summed E-state index contributed by atoms with van der Waals surface area (Å²) >= 11 is 3.56. The van der Waals surface area contributed by atoms with Gasteiger partial charge in [0, 0.05) is 21.8 Å². The fourth-order valence-electron chi connectivity index (χ4n) is 3.85. The summed E-state index contributed by atoms with van der Waals surface area (Å²) in [6.45, 7) is 11.1. The fourth-order valence-corrected chi connectivity index (χ4v) is 4.19. The summed E-state index contributed by atoms with van der Waals surface area (Å²) in [6.07, 6.45) is 3.00. The van der Waals surface area contributed by atoms with Crippen LogP contribution < -0.4 is 10.1 Å². The number of ether oxygens (including phenoxy) is 1. The van der Waals surface area contributed by atoms with Crippen LogP contribution in [0.25, 0.3) is 16.9 Å². The summed E-state index contributed by atoms with van der Waals surface area (Å²) in [5.41, 5.74) is 2.58. The molecule has 0 aliphatic carbocycles. The van der Waals surface area contributed by atoms with Gasteiger partial charge in [-0.05, 0) is 71.9 Å². The van der Waals surface area contributed by atoms with E-state index in [1.807, 2.05) is 30.5 Å². The number of aromatic nitrogens is 2. The maximum atomic E-state index is 9.97. The lowest BCUT2D eigenvalue weighted by molar-refractivity contribution is 0.302. The van der Waals surface area contributed by atoms with Crippen LogP contribution in [0.1, 0.15) is 41.0 Å². The first-order chi connectivity index (χ1) is 13.0. The Bertz CT molecular complexity index is 1000. The Kier molecular flexibility index (Phi) is 5.36. The van der Waals surface area contributed by atoms with Gasteiger partial charge in [-0.1, -0.05) is 20.8 Å². The van der Waals surface area contributed by atoms with Gasteiger partial charge < -0.3 is 15.2 Å². The zero-order valence-electron chi connectivity index (χ0n) is 17.3. The van der Waals surface area contributed by atoms with E-state index >= 15 is 0 Å². The van der Waals surface area contributed by atoms with Crippen molar-refractivity contribution < 1.29 is 9.84 Å². The van der Waals surface area contributed by atoms with Crippen molar-refractivity contribution in [2.24, 2.45) is 5.41 Å². The topological polar surface area (TPSA) is 58.8 Å². The molecule has 0 aliphatic heterocycles. The van der Waals surface area contributed by atoms with Crippen molar-refractivity contribution in [2.45, 2.75) is 46.6 Å². The number of phenols is 1. The highest BCUT2D eigenvalue weighted by atomic mass is 79.9. The van der Waals surface area contributed by atoms with Crippen LogP contribution in [0.4, 0.5) is 5.82 Å². The van der Waals surface area contributed by atoms with Crippen LogP contribution >= 0.6 is 15.9 Å². The number of halogens is 1. The zero-order chi connectivity index (χ0) is 20.7. The fraction of sp³-hybridized carbons (Fsp3) is 0.409. The van der Waals surface area contributed by atoms with Crippen molar-refractivity contribution >= 4 is 27.4 Å². The number of rotatable bonds is 5. The third-order valence-corrected chi connectivity index (χ3v) is 4.93. The number of nitrogens with one attached hydrogen (secondary N) is 1. The molecule has 2 heterocycles. The molecule has 1 aromatic carbocycles. The Morgan fingerprint density at radius 2 is 1.86 bits per heavy atom. The molecule has 0 spiro atoms. The first-order valence-electron chi connectivity index (χ1n) is 9.32. The van der Waals surface area contributed by atoms with Crippen LogP contribution in [0.5, 0.6) is 11.5 Å². The molecule has 0 aliphatic rings. The number of anilines is 1. The zero-order valence-corrected chi connectivity index (χ0v) is 18.9. The molecular weight excluding hydrogens is 418 g/mol. The highest BCUT2D eigenvalue weighted by Crippen LogP contribution is 2.38. The van der Waals surface area contributed by atoms with Gasteiger partial charge in [-0.25, -0.2) is 4.98 Å². The molecule has 3 aromatic rings. The van der Waals surface area contributed by atoms with Crippen LogP contribution in [0, 0.1) is 5.41 Å². The smallest absolute Gasteiger partial charge is 0.161 e. The summed E-state index contributed by atoms with van der Waals surface area (Å²) in [5, 5.41) is 13.7. The van der Waals surface area contributed by atoms with Crippen molar-refractivity contribution in [3.05, 3.63) is 41.0 Å². The number of pyridine rings is 1. The Labute approximate surface area is 174 Å². The number of phenolic OH excluding ortho intramolecular Hbond substituents is 1. The lowest BCUT2D eigenvalue weighted by atomic mass is 9.82. The Balaban J connectivity index is 2.16. The lowest BCUT2D eigenvalue weighted by Gasteiger charge is -2.34. The van der Waals surface area contributed by atoms with Gasteiger partial charge in [0.25, 0.3) is 0 Å². The molecule has 28 heavy (non-hydrogen) atoms. The van der Waals surface area contributed by atoms with Crippen molar-refractivity contribution in [3.8, 4) is 22.8 Å². The standard InChI is InChI=1S/C22H28BrN3O2/c1-21(2,3)13-22(4,5)25-20-19(14-7-9-16(27)17(11-14)28-6)24-18-10-8-15(23)12-26(18)20/h7-12,25,27H,13H2,1-6H3. The van der Waals surface area contributed by atoms with Crippen molar-refractivity contribution in [3.63, 3.8) is 0 Å². The second-order valence-electron chi connectivity index (χ2n) is 9.02. The first-order valence-corrected chi connectivity index (χ1v) is 10.1. The first kappa shape index (κ1) is 20.5. The number of fused-ring (bicyclic) bond motifs is 1. The van der Waals surface area contributed by atoms with Gasteiger partial charge in [0.1, 0.15) is 17.2 Å². The van der Waals surface area contributed by atoms with E-state index in [9.17, 15) is 5.11 Å². The number of benzene rings is 1. The Hall–Kier alpha value is -2.21. The molecule has 0 atom stereocenters. The second-order valence-corrected chi connectivity index (χ2v) is 9.93. The van der Waals surface area contributed by atoms with E-state index in [1.54, 1.807) is 13.2 Å². The van der Waals surface area contributed by atoms with Crippen LogP contribution in [-0.2, 0) is 0 Å². The van der Waals surface area contributed by atoms with E-state index in [2.05, 4.69) is 60.3 Å². The summed E-state index contributed by atoms with van der Waals surface area (Å²) in [5.74, 6) is 1.45. The normalized spacial score (nSPS) is 12.4.